The summed E-state index contributed by atoms with van der Waals surface area (Å²) in [4.78, 5) is 11.9. The Labute approximate surface area is 125 Å². The second kappa shape index (κ2) is 7.19. The molecule has 0 saturated heterocycles. The van der Waals surface area contributed by atoms with Gasteiger partial charge in [0.25, 0.3) is 15.0 Å². The molecule has 20 heavy (non-hydrogen) atoms. The lowest BCUT2D eigenvalue weighted by atomic mass is 10.0. The molecule has 112 valence electrons. The van der Waals surface area contributed by atoms with E-state index in [2.05, 4.69) is 5.32 Å². The molecular weight excluding hydrogens is 322 g/mol. The molecular formula is C12H16ClNO4S2. The highest BCUT2D eigenvalue weighted by Gasteiger charge is 2.16. The monoisotopic (exact) mass is 337 g/mol. The highest BCUT2D eigenvalue weighted by molar-refractivity contribution is 8.13. The number of rotatable bonds is 6. The molecule has 8 heteroatoms. The highest BCUT2D eigenvalue weighted by Crippen LogP contribution is 2.20. The minimum atomic E-state index is -3.87. The first-order valence-corrected chi connectivity index (χ1v) is 9.95. The number of aryl methyl sites for hydroxylation is 1. The second-order valence-electron chi connectivity index (χ2n) is 4.14. The van der Waals surface area contributed by atoms with Crippen LogP contribution >= 0.6 is 10.7 Å². The van der Waals surface area contributed by atoms with Gasteiger partial charge in [0.05, 0.1) is 4.90 Å². The summed E-state index contributed by atoms with van der Waals surface area (Å²) in [5.41, 5.74) is 1.00. The van der Waals surface area contributed by atoms with Gasteiger partial charge in [-0.25, -0.2) is 8.42 Å². The molecule has 0 aliphatic carbocycles. The van der Waals surface area contributed by atoms with Crippen LogP contribution in [0.2, 0.25) is 0 Å². The summed E-state index contributed by atoms with van der Waals surface area (Å²) in [6.45, 7) is 2.13. The summed E-state index contributed by atoms with van der Waals surface area (Å²) in [5.74, 6) is -0.0461. The second-order valence-corrected chi connectivity index (χ2v) is 8.26. The first kappa shape index (κ1) is 17.1. The van der Waals surface area contributed by atoms with Gasteiger partial charge in [0.1, 0.15) is 0 Å². The molecule has 1 rings (SSSR count). The van der Waals surface area contributed by atoms with E-state index in [0.29, 0.717) is 12.2 Å². The van der Waals surface area contributed by atoms with E-state index in [-0.39, 0.29) is 17.0 Å². The lowest BCUT2D eigenvalue weighted by Crippen LogP contribution is -2.28. The van der Waals surface area contributed by atoms with Crippen molar-refractivity contribution in [1.82, 2.24) is 5.32 Å². The number of carbonyl (C=O) groups is 1. The Hall–Kier alpha value is -0.920. The number of halogens is 1. The highest BCUT2D eigenvalue weighted by atomic mass is 35.7. The van der Waals surface area contributed by atoms with Gasteiger partial charge in [-0.05, 0) is 24.1 Å². The topological polar surface area (TPSA) is 80.3 Å². The zero-order valence-corrected chi connectivity index (χ0v) is 13.6. The van der Waals surface area contributed by atoms with Crippen LogP contribution in [-0.2, 0) is 26.3 Å². The van der Waals surface area contributed by atoms with Crippen molar-refractivity contribution >= 4 is 36.4 Å². The zero-order chi connectivity index (χ0) is 15.3. The Bertz CT molecular complexity index is 628. The molecule has 1 N–H and O–H groups in total. The number of hydrogen-bond acceptors (Lipinski definition) is 4. The van der Waals surface area contributed by atoms with E-state index in [4.69, 9.17) is 10.7 Å². The maximum atomic E-state index is 12.0. The summed E-state index contributed by atoms with van der Waals surface area (Å²) >= 11 is 0. The molecule has 0 fully saturated rings. The van der Waals surface area contributed by atoms with Crippen LogP contribution in [0.5, 0.6) is 0 Å². The molecule has 0 heterocycles. The molecule has 1 aromatic carbocycles. The van der Waals surface area contributed by atoms with Crippen molar-refractivity contribution in [3.8, 4) is 0 Å². The SMILES string of the molecule is CCc1ccc(S(=O)(=O)Cl)cc1C(=O)NCCS(C)=O. The summed E-state index contributed by atoms with van der Waals surface area (Å²) in [5, 5.41) is 2.61. The van der Waals surface area contributed by atoms with Crippen molar-refractivity contribution in [2.75, 3.05) is 18.6 Å². The Balaban J connectivity index is 3.02. The third-order valence-electron chi connectivity index (χ3n) is 2.66. The van der Waals surface area contributed by atoms with Crippen molar-refractivity contribution in [2.45, 2.75) is 18.2 Å². The summed E-state index contributed by atoms with van der Waals surface area (Å²) < 4.78 is 33.5. The minimum absolute atomic E-state index is 0.111. The van der Waals surface area contributed by atoms with E-state index in [9.17, 15) is 17.4 Å². The van der Waals surface area contributed by atoms with Gasteiger partial charge in [-0.15, -0.1) is 0 Å². The van der Waals surface area contributed by atoms with Crippen LogP contribution in [0.25, 0.3) is 0 Å². The van der Waals surface area contributed by atoms with Gasteiger partial charge in [-0.3, -0.25) is 9.00 Å². The van der Waals surface area contributed by atoms with Gasteiger partial charge in [0.2, 0.25) is 0 Å². The van der Waals surface area contributed by atoms with Crippen LogP contribution in [0.1, 0.15) is 22.8 Å². The van der Waals surface area contributed by atoms with E-state index in [0.717, 1.165) is 5.56 Å². The van der Waals surface area contributed by atoms with Crippen LogP contribution < -0.4 is 5.32 Å². The standard InChI is InChI=1S/C12H16ClNO4S2/c1-3-9-4-5-10(20(13,17)18)8-11(9)12(15)14-6-7-19(2)16/h4-5,8H,3,6-7H2,1-2H3,(H,14,15). The minimum Gasteiger partial charge on any atom is -0.351 e. The van der Waals surface area contributed by atoms with Gasteiger partial charge < -0.3 is 5.32 Å². The molecule has 1 atom stereocenters. The van der Waals surface area contributed by atoms with Crippen molar-refractivity contribution in [3.05, 3.63) is 29.3 Å². The van der Waals surface area contributed by atoms with Crippen molar-refractivity contribution in [2.24, 2.45) is 0 Å². The Morgan fingerprint density at radius 1 is 1.40 bits per heavy atom. The largest absolute Gasteiger partial charge is 0.351 e. The number of carbonyl (C=O) groups excluding carboxylic acids is 1. The normalized spacial score (nSPS) is 12.9. The Kier molecular flexibility index (Phi) is 6.16. The zero-order valence-electron chi connectivity index (χ0n) is 11.2. The van der Waals surface area contributed by atoms with E-state index in [1.165, 1.54) is 12.1 Å². The van der Waals surface area contributed by atoms with Crippen molar-refractivity contribution < 1.29 is 17.4 Å². The molecule has 0 aliphatic rings. The molecule has 0 saturated carbocycles. The van der Waals surface area contributed by atoms with Crippen LogP contribution in [0.3, 0.4) is 0 Å². The lowest BCUT2D eigenvalue weighted by Gasteiger charge is -2.10. The van der Waals surface area contributed by atoms with E-state index < -0.39 is 25.8 Å². The molecule has 1 aromatic rings. The van der Waals surface area contributed by atoms with Gasteiger partial charge in [-0.1, -0.05) is 13.0 Å². The number of nitrogens with one attached hydrogen (secondary N) is 1. The van der Waals surface area contributed by atoms with E-state index >= 15 is 0 Å². The number of hydrogen-bond donors (Lipinski definition) is 1. The maximum absolute atomic E-state index is 12.0. The van der Waals surface area contributed by atoms with Gasteiger partial charge in [0, 0.05) is 45.6 Å². The van der Waals surface area contributed by atoms with Gasteiger partial charge in [0.15, 0.2) is 0 Å². The summed E-state index contributed by atoms with van der Waals surface area (Å²) in [6.07, 6.45) is 2.13. The summed E-state index contributed by atoms with van der Waals surface area (Å²) in [7, 11) is 0.407. The fraction of sp³-hybridized carbons (Fsp3) is 0.417. The Morgan fingerprint density at radius 3 is 2.55 bits per heavy atom. The van der Waals surface area contributed by atoms with Crippen LogP contribution in [-0.4, -0.2) is 37.1 Å². The van der Waals surface area contributed by atoms with Gasteiger partial charge >= 0.3 is 0 Å². The molecule has 0 aromatic heterocycles. The van der Waals surface area contributed by atoms with Crippen molar-refractivity contribution in [1.29, 1.82) is 0 Å². The van der Waals surface area contributed by atoms with Crippen LogP contribution in [0, 0.1) is 0 Å². The smallest absolute Gasteiger partial charge is 0.261 e. The third-order valence-corrected chi connectivity index (χ3v) is 4.79. The molecule has 0 radical (unpaired) electrons. The van der Waals surface area contributed by atoms with Gasteiger partial charge in [-0.2, -0.15) is 0 Å². The van der Waals surface area contributed by atoms with Crippen molar-refractivity contribution in [3.63, 3.8) is 0 Å². The first-order chi connectivity index (χ1) is 9.25. The third kappa shape index (κ3) is 4.88. The lowest BCUT2D eigenvalue weighted by molar-refractivity contribution is 0.0955. The maximum Gasteiger partial charge on any atom is 0.261 e. The predicted octanol–water partition coefficient (Wildman–Crippen LogP) is 1.28. The molecule has 0 aliphatic heterocycles. The molecule has 5 nitrogen and oxygen atoms in total. The predicted molar refractivity (Wildman–Crippen MR) is 80.1 cm³/mol. The summed E-state index contributed by atoms with van der Waals surface area (Å²) in [6, 6.07) is 4.21. The average molecular weight is 338 g/mol. The van der Waals surface area contributed by atoms with E-state index in [1.807, 2.05) is 6.92 Å². The van der Waals surface area contributed by atoms with Crippen LogP contribution in [0.4, 0.5) is 0 Å². The van der Waals surface area contributed by atoms with E-state index in [1.54, 1.807) is 12.3 Å². The molecule has 0 spiro atoms. The molecule has 1 unspecified atom stereocenters. The molecule has 0 bridgehead atoms. The van der Waals surface area contributed by atoms with Crippen LogP contribution in [0.15, 0.2) is 23.1 Å². The first-order valence-electron chi connectivity index (χ1n) is 5.91. The number of benzene rings is 1. The molecule has 1 amide bonds. The fourth-order valence-electron chi connectivity index (χ4n) is 1.63. The quantitative estimate of drug-likeness (QED) is 0.793. The fourth-order valence-corrected chi connectivity index (χ4v) is 2.80. The average Bonchev–Trinajstić information content (AvgIpc) is 2.36. The number of amides is 1. The Morgan fingerprint density at radius 2 is 2.05 bits per heavy atom.